The van der Waals surface area contributed by atoms with Gasteiger partial charge in [-0.25, -0.2) is 9.59 Å². The Balaban J connectivity index is 4.54. The van der Waals surface area contributed by atoms with E-state index in [1.54, 1.807) is 41.5 Å². The number of esters is 2. The molecule has 0 saturated carbocycles. The molecule has 7 nitrogen and oxygen atoms in total. The SMILES string of the molecule is CC(C)(C)OC(=O)CCCC[C@@](N)(C(=O)O)C(=O)OC(C)(C)C. The van der Waals surface area contributed by atoms with Crippen molar-refractivity contribution in [3.05, 3.63) is 0 Å². The van der Waals surface area contributed by atoms with Crippen LogP contribution in [0.1, 0.15) is 67.2 Å². The molecular formula is C16H29NO6. The maximum absolute atomic E-state index is 12.0. The Morgan fingerprint density at radius 3 is 1.78 bits per heavy atom. The highest BCUT2D eigenvalue weighted by atomic mass is 16.6. The lowest BCUT2D eigenvalue weighted by Gasteiger charge is -2.28. The summed E-state index contributed by atoms with van der Waals surface area (Å²) in [6.07, 6.45) is 0.701. The zero-order valence-corrected chi connectivity index (χ0v) is 14.9. The van der Waals surface area contributed by atoms with Crippen molar-refractivity contribution >= 4 is 17.9 Å². The molecule has 7 heteroatoms. The summed E-state index contributed by atoms with van der Waals surface area (Å²) in [5, 5.41) is 9.24. The van der Waals surface area contributed by atoms with E-state index in [1.807, 2.05) is 0 Å². The largest absolute Gasteiger partial charge is 0.479 e. The van der Waals surface area contributed by atoms with E-state index in [2.05, 4.69) is 0 Å². The molecule has 0 rings (SSSR count). The fourth-order valence-electron chi connectivity index (χ4n) is 1.73. The number of carbonyl (C=O) groups excluding carboxylic acids is 2. The monoisotopic (exact) mass is 331 g/mol. The maximum Gasteiger partial charge on any atom is 0.338 e. The third-order valence-electron chi connectivity index (χ3n) is 2.77. The first-order valence-electron chi connectivity index (χ1n) is 7.65. The predicted molar refractivity (Wildman–Crippen MR) is 84.7 cm³/mol. The third kappa shape index (κ3) is 8.54. The van der Waals surface area contributed by atoms with E-state index in [9.17, 15) is 19.5 Å². The third-order valence-corrected chi connectivity index (χ3v) is 2.77. The van der Waals surface area contributed by atoms with Gasteiger partial charge in [-0.15, -0.1) is 0 Å². The summed E-state index contributed by atoms with van der Waals surface area (Å²) in [6.45, 7) is 10.2. The second-order valence-electron chi connectivity index (χ2n) is 7.57. The highest BCUT2D eigenvalue weighted by Gasteiger charge is 2.44. The van der Waals surface area contributed by atoms with E-state index in [0.29, 0.717) is 12.8 Å². The topological polar surface area (TPSA) is 116 Å². The van der Waals surface area contributed by atoms with E-state index in [-0.39, 0.29) is 18.8 Å². The van der Waals surface area contributed by atoms with Gasteiger partial charge in [0.1, 0.15) is 11.2 Å². The Labute approximate surface area is 137 Å². The maximum atomic E-state index is 12.0. The summed E-state index contributed by atoms with van der Waals surface area (Å²) < 4.78 is 10.2. The van der Waals surface area contributed by atoms with Crippen LogP contribution in [0.3, 0.4) is 0 Å². The number of carboxylic acids is 1. The van der Waals surface area contributed by atoms with E-state index in [0.717, 1.165) is 0 Å². The average molecular weight is 331 g/mol. The fraction of sp³-hybridized carbons (Fsp3) is 0.812. The van der Waals surface area contributed by atoms with Crippen LogP contribution in [-0.2, 0) is 23.9 Å². The van der Waals surface area contributed by atoms with Gasteiger partial charge in [-0.05, 0) is 60.8 Å². The van der Waals surface area contributed by atoms with Gasteiger partial charge in [0, 0.05) is 6.42 Å². The van der Waals surface area contributed by atoms with Crippen LogP contribution in [0.25, 0.3) is 0 Å². The molecule has 0 aliphatic rings. The van der Waals surface area contributed by atoms with Gasteiger partial charge in [-0.2, -0.15) is 0 Å². The highest BCUT2D eigenvalue weighted by Crippen LogP contribution is 2.20. The van der Waals surface area contributed by atoms with Crippen molar-refractivity contribution in [2.45, 2.75) is 84.0 Å². The number of rotatable bonds is 7. The second kappa shape index (κ2) is 7.77. The molecule has 0 unspecified atom stereocenters. The molecule has 0 aromatic heterocycles. The van der Waals surface area contributed by atoms with E-state index < -0.39 is 28.7 Å². The average Bonchev–Trinajstić information content (AvgIpc) is 2.29. The minimum Gasteiger partial charge on any atom is -0.479 e. The zero-order valence-electron chi connectivity index (χ0n) is 14.9. The summed E-state index contributed by atoms with van der Waals surface area (Å²) in [5.74, 6) is -2.79. The molecule has 0 heterocycles. The summed E-state index contributed by atoms with van der Waals surface area (Å²) >= 11 is 0. The Bertz CT molecular complexity index is 446. The predicted octanol–water partition coefficient (Wildman–Crippen LogP) is 2.01. The Morgan fingerprint density at radius 2 is 1.39 bits per heavy atom. The van der Waals surface area contributed by atoms with Crippen LogP contribution in [0.5, 0.6) is 0 Å². The Morgan fingerprint density at radius 1 is 0.913 bits per heavy atom. The van der Waals surface area contributed by atoms with Crippen LogP contribution in [0, 0.1) is 0 Å². The van der Waals surface area contributed by atoms with Gasteiger partial charge in [0.05, 0.1) is 0 Å². The minimum atomic E-state index is -2.11. The number of hydrogen-bond donors (Lipinski definition) is 2. The molecule has 23 heavy (non-hydrogen) atoms. The lowest BCUT2D eigenvalue weighted by atomic mass is 9.93. The van der Waals surface area contributed by atoms with Crippen molar-refractivity contribution in [1.82, 2.24) is 0 Å². The van der Waals surface area contributed by atoms with Crippen molar-refractivity contribution in [1.29, 1.82) is 0 Å². The molecule has 3 N–H and O–H groups in total. The molecule has 0 radical (unpaired) electrons. The van der Waals surface area contributed by atoms with Gasteiger partial charge in [-0.1, -0.05) is 0 Å². The van der Waals surface area contributed by atoms with Gasteiger partial charge in [0.15, 0.2) is 0 Å². The molecule has 134 valence electrons. The number of hydrogen-bond acceptors (Lipinski definition) is 6. The van der Waals surface area contributed by atoms with Gasteiger partial charge in [0.25, 0.3) is 0 Å². The molecule has 0 aliphatic carbocycles. The van der Waals surface area contributed by atoms with Crippen LogP contribution in [0.4, 0.5) is 0 Å². The number of carboxylic acid groups (broad SMARTS) is 1. The Kier molecular flexibility index (Phi) is 7.22. The molecule has 0 saturated heterocycles. The number of carbonyl (C=O) groups is 3. The fourth-order valence-corrected chi connectivity index (χ4v) is 1.73. The smallest absolute Gasteiger partial charge is 0.338 e. The zero-order chi connectivity index (χ0) is 18.5. The molecule has 1 atom stereocenters. The van der Waals surface area contributed by atoms with Crippen molar-refractivity contribution in [2.24, 2.45) is 5.73 Å². The molecule has 0 aromatic rings. The van der Waals surface area contributed by atoms with Crippen LogP contribution in [0.15, 0.2) is 0 Å². The summed E-state index contributed by atoms with van der Waals surface area (Å²) in [4.78, 5) is 34.9. The van der Waals surface area contributed by atoms with Crippen LogP contribution < -0.4 is 5.73 Å². The van der Waals surface area contributed by atoms with Crippen molar-refractivity contribution in [3.8, 4) is 0 Å². The van der Waals surface area contributed by atoms with E-state index in [4.69, 9.17) is 15.2 Å². The molecule has 0 bridgehead atoms. The van der Waals surface area contributed by atoms with Gasteiger partial charge in [0.2, 0.25) is 5.54 Å². The van der Waals surface area contributed by atoms with Gasteiger partial charge >= 0.3 is 17.9 Å². The summed E-state index contributed by atoms with van der Waals surface area (Å²) in [7, 11) is 0. The first-order chi connectivity index (χ1) is 10.2. The first-order valence-corrected chi connectivity index (χ1v) is 7.65. The van der Waals surface area contributed by atoms with E-state index >= 15 is 0 Å². The van der Waals surface area contributed by atoms with Crippen LogP contribution in [-0.4, -0.2) is 39.8 Å². The molecule has 0 aromatic carbocycles. The second-order valence-corrected chi connectivity index (χ2v) is 7.57. The van der Waals surface area contributed by atoms with Gasteiger partial charge in [-0.3, -0.25) is 4.79 Å². The Hall–Kier alpha value is -1.63. The van der Waals surface area contributed by atoms with Gasteiger partial charge < -0.3 is 20.3 Å². The summed E-state index contributed by atoms with van der Waals surface area (Å²) in [5.41, 5.74) is 2.22. The number of unbranched alkanes of at least 4 members (excludes halogenated alkanes) is 1. The number of ether oxygens (including phenoxy) is 2. The van der Waals surface area contributed by atoms with Crippen LogP contribution >= 0.6 is 0 Å². The quantitative estimate of drug-likeness (QED) is 0.416. The molecule has 0 aliphatic heterocycles. The number of aliphatic carboxylic acids is 1. The molecule has 0 amide bonds. The number of nitrogens with two attached hydrogens (primary N) is 1. The standard InChI is InChI=1S/C16H29NO6/c1-14(2,3)22-11(18)9-7-8-10-16(17,12(19)20)13(21)23-15(4,5)6/h7-10,17H2,1-6H3,(H,19,20)/t16-/m1/s1. The molecule has 0 spiro atoms. The lowest BCUT2D eigenvalue weighted by Crippen LogP contribution is -2.57. The van der Waals surface area contributed by atoms with Crippen LogP contribution in [0.2, 0.25) is 0 Å². The molecule has 0 fully saturated rings. The normalized spacial score (nSPS) is 14.7. The van der Waals surface area contributed by atoms with Crippen molar-refractivity contribution in [2.75, 3.05) is 0 Å². The van der Waals surface area contributed by atoms with Crippen molar-refractivity contribution < 1.29 is 29.0 Å². The van der Waals surface area contributed by atoms with Crippen molar-refractivity contribution in [3.63, 3.8) is 0 Å². The minimum absolute atomic E-state index is 0.111. The first kappa shape index (κ1) is 21.4. The summed E-state index contributed by atoms with van der Waals surface area (Å²) in [6, 6.07) is 0. The van der Waals surface area contributed by atoms with E-state index in [1.165, 1.54) is 0 Å². The highest BCUT2D eigenvalue weighted by molar-refractivity contribution is 6.03. The molecular weight excluding hydrogens is 302 g/mol. The lowest BCUT2D eigenvalue weighted by molar-refractivity contribution is -0.169.